The molecule has 1 aliphatic rings. The predicted molar refractivity (Wildman–Crippen MR) is 76.0 cm³/mol. The molecule has 0 aromatic carbocycles. The standard InChI is InChI=1S/C14H24N4O/c1-9(2)12-13(18-15)16-8-17-14(12)19-11-7-5-4-6-10(11)3/h8-11H,4-7,15H2,1-3H3,(H,16,17,18). The Bertz CT molecular complexity index is 422. The molecule has 2 unspecified atom stereocenters. The molecule has 1 fully saturated rings. The third kappa shape index (κ3) is 3.15. The molecule has 1 aliphatic carbocycles. The lowest BCUT2D eigenvalue weighted by molar-refractivity contribution is 0.0960. The number of hydrogen-bond acceptors (Lipinski definition) is 5. The highest BCUT2D eigenvalue weighted by Crippen LogP contribution is 2.33. The van der Waals surface area contributed by atoms with Gasteiger partial charge in [0.1, 0.15) is 12.4 Å². The van der Waals surface area contributed by atoms with Gasteiger partial charge in [-0.05, 0) is 31.1 Å². The molecule has 5 heteroatoms. The third-order valence-electron chi connectivity index (χ3n) is 3.86. The first kappa shape index (κ1) is 14.1. The van der Waals surface area contributed by atoms with Crippen LogP contribution >= 0.6 is 0 Å². The number of nitrogen functional groups attached to an aromatic ring is 1. The van der Waals surface area contributed by atoms with E-state index in [9.17, 15) is 0 Å². The van der Waals surface area contributed by atoms with Crippen LogP contribution in [0.4, 0.5) is 5.82 Å². The second-order valence-corrected chi connectivity index (χ2v) is 5.66. The van der Waals surface area contributed by atoms with Crippen molar-refractivity contribution in [3.63, 3.8) is 0 Å². The fourth-order valence-electron chi connectivity index (χ4n) is 2.71. The van der Waals surface area contributed by atoms with Crippen LogP contribution in [0.15, 0.2) is 6.33 Å². The quantitative estimate of drug-likeness (QED) is 0.646. The molecule has 0 spiro atoms. The molecule has 106 valence electrons. The number of hydrogen-bond donors (Lipinski definition) is 2. The molecule has 5 nitrogen and oxygen atoms in total. The SMILES string of the molecule is CC(C)c1c(NN)ncnc1OC1CCCCC1C. The van der Waals surface area contributed by atoms with Crippen LogP contribution in [0.3, 0.4) is 0 Å². The van der Waals surface area contributed by atoms with E-state index < -0.39 is 0 Å². The first-order valence-corrected chi connectivity index (χ1v) is 7.11. The number of ether oxygens (including phenoxy) is 1. The molecule has 1 aromatic heterocycles. The Morgan fingerprint density at radius 2 is 2.05 bits per heavy atom. The van der Waals surface area contributed by atoms with E-state index in [1.807, 2.05) is 0 Å². The van der Waals surface area contributed by atoms with Gasteiger partial charge in [-0.25, -0.2) is 15.8 Å². The number of nitrogens with zero attached hydrogens (tertiary/aromatic N) is 2. The zero-order valence-electron chi connectivity index (χ0n) is 12.0. The summed E-state index contributed by atoms with van der Waals surface area (Å²) in [5.74, 6) is 7.70. The van der Waals surface area contributed by atoms with E-state index >= 15 is 0 Å². The Balaban J connectivity index is 2.23. The second-order valence-electron chi connectivity index (χ2n) is 5.66. The van der Waals surface area contributed by atoms with Gasteiger partial charge in [0, 0.05) is 0 Å². The summed E-state index contributed by atoms with van der Waals surface area (Å²) in [6.07, 6.45) is 6.63. The monoisotopic (exact) mass is 264 g/mol. The van der Waals surface area contributed by atoms with E-state index in [1.165, 1.54) is 25.6 Å². The zero-order valence-corrected chi connectivity index (χ0v) is 12.0. The highest BCUT2D eigenvalue weighted by molar-refractivity contribution is 5.49. The topological polar surface area (TPSA) is 73.1 Å². The lowest BCUT2D eigenvalue weighted by Gasteiger charge is -2.30. The van der Waals surface area contributed by atoms with Gasteiger partial charge < -0.3 is 10.2 Å². The van der Waals surface area contributed by atoms with E-state index in [-0.39, 0.29) is 12.0 Å². The summed E-state index contributed by atoms with van der Waals surface area (Å²) in [5.41, 5.74) is 3.60. The lowest BCUT2D eigenvalue weighted by Crippen LogP contribution is -2.29. The van der Waals surface area contributed by atoms with Gasteiger partial charge in [0.15, 0.2) is 5.82 Å². The number of nitrogens with one attached hydrogen (secondary N) is 1. The molecule has 1 aromatic rings. The van der Waals surface area contributed by atoms with Crippen LogP contribution in [0.5, 0.6) is 5.88 Å². The summed E-state index contributed by atoms with van der Waals surface area (Å²) < 4.78 is 6.16. The molecule has 0 bridgehead atoms. The van der Waals surface area contributed by atoms with Crippen molar-refractivity contribution in [2.75, 3.05) is 5.43 Å². The average molecular weight is 264 g/mol. The molecule has 0 radical (unpaired) electrons. The Morgan fingerprint density at radius 3 is 2.68 bits per heavy atom. The first-order chi connectivity index (χ1) is 9.13. The Kier molecular flexibility index (Phi) is 4.58. The first-order valence-electron chi connectivity index (χ1n) is 7.11. The molecule has 1 heterocycles. The second kappa shape index (κ2) is 6.19. The zero-order chi connectivity index (χ0) is 13.8. The highest BCUT2D eigenvalue weighted by atomic mass is 16.5. The maximum Gasteiger partial charge on any atom is 0.222 e. The van der Waals surface area contributed by atoms with Crippen molar-refractivity contribution < 1.29 is 4.74 Å². The van der Waals surface area contributed by atoms with Crippen molar-refractivity contribution in [2.24, 2.45) is 11.8 Å². The van der Waals surface area contributed by atoms with Crippen molar-refractivity contribution in [1.82, 2.24) is 9.97 Å². The van der Waals surface area contributed by atoms with Gasteiger partial charge in [0.05, 0.1) is 5.56 Å². The van der Waals surface area contributed by atoms with Gasteiger partial charge in [-0.3, -0.25) is 0 Å². The van der Waals surface area contributed by atoms with E-state index in [0.29, 0.717) is 17.6 Å². The molecule has 2 rings (SSSR count). The summed E-state index contributed by atoms with van der Waals surface area (Å²) >= 11 is 0. The van der Waals surface area contributed by atoms with Crippen molar-refractivity contribution >= 4 is 5.82 Å². The minimum absolute atomic E-state index is 0.256. The van der Waals surface area contributed by atoms with E-state index in [4.69, 9.17) is 10.6 Å². The van der Waals surface area contributed by atoms with Gasteiger partial charge >= 0.3 is 0 Å². The average Bonchev–Trinajstić information content (AvgIpc) is 2.40. The highest BCUT2D eigenvalue weighted by Gasteiger charge is 2.25. The molecule has 0 aliphatic heterocycles. The van der Waals surface area contributed by atoms with Gasteiger partial charge in [-0.15, -0.1) is 0 Å². The van der Waals surface area contributed by atoms with E-state index in [2.05, 4.69) is 36.2 Å². The summed E-state index contributed by atoms with van der Waals surface area (Å²) in [5, 5.41) is 0. The number of nitrogens with two attached hydrogens (primary N) is 1. The van der Waals surface area contributed by atoms with Gasteiger partial charge in [0.25, 0.3) is 0 Å². The van der Waals surface area contributed by atoms with Crippen molar-refractivity contribution in [3.05, 3.63) is 11.9 Å². The predicted octanol–water partition coefficient (Wildman–Crippen LogP) is 2.84. The molecular weight excluding hydrogens is 240 g/mol. The third-order valence-corrected chi connectivity index (χ3v) is 3.86. The van der Waals surface area contributed by atoms with E-state index in [1.54, 1.807) is 0 Å². The van der Waals surface area contributed by atoms with Crippen LogP contribution < -0.4 is 16.0 Å². The Hall–Kier alpha value is -1.36. The van der Waals surface area contributed by atoms with Gasteiger partial charge in [-0.1, -0.05) is 27.2 Å². The minimum atomic E-state index is 0.256. The maximum absolute atomic E-state index is 6.16. The fourth-order valence-corrected chi connectivity index (χ4v) is 2.71. The Labute approximate surface area is 114 Å². The van der Waals surface area contributed by atoms with E-state index in [0.717, 1.165) is 12.0 Å². The number of aromatic nitrogens is 2. The molecule has 1 saturated carbocycles. The molecule has 19 heavy (non-hydrogen) atoms. The van der Waals surface area contributed by atoms with Crippen molar-refractivity contribution in [1.29, 1.82) is 0 Å². The summed E-state index contributed by atoms with van der Waals surface area (Å²) in [4.78, 5) is 8.47. The van der Waals surface area contributed by atoms with Gasteiger partial charge in [0.2, 0.25) is 5.88 Å². The van der Waals surface area contributed by atoms with Crippen molar-refractivity contribution in [3.8, 4) is 5.88 Å². The number of rotatable bonds is 4. The number of hydrazine groups is 1. The smallest absolute Gasteiger partial charge is 0.222 e. The molecule has 0 amide bonds. The maximum atomic E-state index is 6.16. The normalized spacial score (nSPS) is 23.4. The van der Waals surface area contributed by atoms with Crippen LogP contribution in [0.2, 0.25) is 0 Å². The Morgan fingerprint density at radius 1 is 1.32 bits per heavy atom. The lowest BCUT2D eigenvalue weighted by atomic mass is 9.88. The van der Waals surface area contributed by atoms with Gasteiger partial charge in [-0.2, -0.15) is 0 Å². The van der Waals surface area contributed by atoms with Crippen molar-refractivity contribution in [2.45, 2.75) is 58.5 Å². The number of anilines is 1. The fraction of sp³-hybridized carbons (Fsp3) is 0.714. The summed E-state index contributed by atoms with van der Waals surface area (Å²) in [6.45, 7) is 6.44. The largest absolute Gasteiger partial charge is 0.474 e. The summed E-state index contributed by atoms with van der Waals surface area (Å²) in [6, 6.07) is 0. The molecule has 2 atom stereocenters. The molecular formula is C14H24N4O. The molecule has 3 N–H and O–H groups in total. The van der Waals surface area contributed by atoms with Crippen LogP contribution in [-0.2, 0) is 0 Å². The van der Waals surface area contributed by atoms with Crippen LogP contribution in [0, 0.1) is 5.92 Å². The molecule has 0 saturated heterocycles. The minimum Gasteiger partial charge on any atom is -0.474 e. The van der Waals surface area contributed by atoms with Crippen LogP contribution in [-0.4, -0.2) is 16.1 Å². The van der Waals surface area contributed by atoms with Crippen LogP contribution in [0.25, 0.3) is 0 Å². The summed E-state index contributed by atoms with van der Waals surface area (Å²) in [7, 11) is 0. The van der Waals surface area contributed by atoms with Crippen LogP contribution in [0.1, 0.15) is 57.9 Å².